The fraction of sp³-hybridized carbons (Fsp3) is 0.100. The summed E-state index contributed by atoms with van der Waals surface area (Å²) in [6.07, 6.45) is -1.27. The fourth-order valence-corrected chi connectivity index (χ4v) is 1.28. The summed E-state index contributed by atoms with van der Waals surface area (Å²) in [6, 6.07) is 5.14. The van der Waals surface area contributed by atoms with E-state index >= 15 is 0 Å². The van der Waals surface area contributed by atoms with Crippen LogP contribution < -0.4 is 0 Å². The molecule has 0 spiro atoms. The van der Waals surface area contributed by atoms with Crippen LogP contribution in [-0.2, 0) is 6.18 Å². The van der Waals surface area contributed by atoms with Gasteiger partial charge in [0.1, 0.15) is 0 Å². The summed E-state index contributed by atoms with van der Waals surface area (Å²) < 4.78 is 37.2. The van der Waals surface area contributed by atoms with E-state index in [1.165, 1.54) is 12.3 Å². The molecule has 0 aliphatic rings. The van der Waals surface area contributed by atoms with Gasteiger partial charge >= 0.3 is 6.18 Å². The molecular weight excluding hydrogens is 205 g/mol. The van der Waals surface area contributed by atoms with Gasteiger partial charge in [0.25, 0.3) is 0 Å². The fourth-order valence-electron chi connectivity index (χ4n) is 1.28. The smallest absolute Gasteiger partial charge is 0.285 e. The van der Waals surface area contributed by atoms with E-state index in [1.54, 1.807) is 12.3 Å². The van der Waals surface area contributed by atoms with Crippen LogP contribution in [0.1, 0.15) is 5.56 Å². The molecule has 2 aromatic rings. The lowest BCUT2D eigenvalue weighted by molar-refractivity contribution is -0.137. The predicted octanol–water partition coefficient (Wildman–Crippen LogP) is 3.10. The molecule has 1 heterocycles. The monoisotopic (exact) mass is 212 g/mol. The summed E-state index contributed by atoms with van der Waals surface area (Å²) in [4.78, 5) is 0. The molecule has 1 aromatic carbocycles. The molecule has 0 saturated heterocycles. The second-order valence-electron chi connectivity index (χ2n) is 3.07. The minimum atomic E-state index is -4.31. The standard InChI is InChI=1S/C10H7F3N2/c11-10(12,13)9-3-1-2-7(4-9)8-5-14-15-6-8/h1-6H,(H,14,15). The number of H-pyrrole nitrogens is 1. The largest absolute Gasteiger partial charge is 0.416 e. The first-order chi connectivity index (χ1) is 7.07. The van der Waals surface area contributed by atoms with Crippen molar-refractivity contribution in [3.05, 3.63) is 42.2 Å². The maximum atomic E-state index is 12.4. The van der Waals surface area contributed by atoms with E-state index in [0.29, 0.717) is 11.1 Å². The van der Waals surface area contributed by atoms with Gasteiger partial charge < -0.3 is 0 Å². The van der Waals surface area contributed by atoms with Gasteiger partial charge in [0.05, 0.1) is 11.8 Å². The van der Waals surface area contributed by atoms with Crippen molar-refractivity contribution < 1.29 is 13.2 Å². The highest BCUT2D eigenvalue weighted by molar-refractivity contribution is 5.62. The normalized spacial score (nSPS) is 11.7. The SMILES string of the molecule is FC(F)(F)c1cccc(-c2cn[nH]c2)c1. The number of alkyl halides is 3. The van der Waals surface area contributed by atoms with Gasteiger partial charge in [-0.05, 0) is 17.7 Å². The summed E-state index contributed by atoms with van der Waals surface area (Å²) in [5.74, 6) is 0. The Morgan fingerprint density at radius 1 is 1.13 bits per heavy atom. The number of hydrogen-bond acceptors (Lipinski definition) is 1. The van der Waals surface area contributed by atoms with Crippen molar-refractivity contribution in [3.63, 3.8) is 0 Å². The molecule has 0 saturated carbocycles. The molecule has 15 heavy (non-hydrogen) atoms. The number of hydrogen-bond donors (Lipinski definition) is 1. The van der Waals surface area contributed by atoms with E-state index < -0.39 is 11.7 Å². The van der Waals surface area contributed by atoms with Crippen LogP contribution in [0, 0.1) is 0 Å². The van der Waals surface area contributed by atoms with Crippen molar-refractivity contribution in [2.75, 3.05) is 0 Å². The molecule has 0 atom stereocenters. The van der Waals surface area contributed by atoms with Crippen LogP contribution in [0.25, 0.3) is 11.1 Å². The van der Waals surface area contributed by atoms with Crippen molar-refractivity contribution in [1.82, 2.24) is 10.2 Å². The molecule has 0 fully saturated rings. The molecule has 5 heteroatoms. The van der Waals surface area contributed by atoms with Gasteiger partial charge in [0, 0.05) is 11.8 Å². The third-order valence-corrected chi connectivity index (χ3v) is 2.02. The van der Waals surface area contributed by atoms with Crippen molar-refractivity contribution in [2.45, 2.75) is 6.18 Å². The van der Waals surface area contributed by atoms with Crippen LogP contribution in [0.2, 0.25) is 0 Å². The molecule has 2 nitrogen and oxygen atoms in total. The first-order valence-electron chi connectivity index (χ1n) is 4.24. The number of benzene rings is 1. The molecule has 78 valence electrons. The van der Waals surface area contributed by atoms with Gasteiger partial charge in [-0.15, -0.1) is 0 Å². The maximum Gasteiger partial charge on any atom is 0.416 e. The Kier molecular flexibility index (Phi) is 2.22. The average Bonchev–Trinajstić information content (AvgIpc) is 2.69. The van der Waals surface area contributed by atoms with Crippen LogP contribution in [0.5, 0.6) is 0 Å². The second kappa shape index (κ2) is 3.42. The molecule has 0 unspecified atom stereocenters. The van der Waals surface area contributed by atoms with Crippen LogP contribution in [-0.4, -0.2) is 10.2 Å². The molecule has 0 bridgehead atoms. The highest BCUT2D eigenvalue weighted by atomic mass is 19.4. The number of aromatic nitrogens is 2. The zero-order chi connectivity index (χ0) is 10.9. The third kappa shape index (κ3) is 2.01. The van der Waals surface area contributed by atoms with Crippen molar-refractivity contribution >= 4 is 0 Å². The van der Waals surface area contributed by atoms with E-state index in [4.69, 9.17) is 0 Å². The van der Waals surface area contributed by atoms with Crippen molar-refractivity contribution in [1.29, 1.82) is 0 Å². The Morgan fingerprint density at radius 3 is 2.53 bits per heavy atom. The molecule has 0 aliphatic heterocycles. The first kappa shape index (κ1) is 9.76. The van der Waals surface area contributed by atoms with Crippen molar-refractivity contribution in [3.8, 4) is 11.1 Å². The summed E-state index contributed by atoms with van der Waals surface area (Å²) in [5, 5.41) is 6.24. The second-order valence-corrected chi connectivity index (χ2v) is 3.07. The molecule has 1 aromatic heterocycles. The van der Waals surface area contributed by atoms with Crippen LogP contribution in [0.4, 0.5) is 13.2 Å². The van der Waals surface area contributed by atoms with E-state index in [9.17, 15) is 13.2 Å². The lowest BCUT2D eigenvalue weighted by Crippen LogP contribution is -2.04. The van der Waals surface area contributed by atoms with Crippen LogP contribution in [0.3, 0.4) is 0 Å². The zero-order valence-corrected chi connectivity index (χ0v) is 7.55. The van der Waals surface area contributed by atoms with E-state index in [-0.39, 0.29) is 0 Å². The number of nitrogens with zero attached hydrogens (tertiary/aromatic N) is 1. The maximum absolute atomic E-state index is 12.4. The highest BCUT2D eigenvalue weighted by Crippen LogP contribution is 2.31. The molecule has 0 amide bonds. The quantitative estimate of drug-likeness (QED) is 0.773. The van der Waals surface area contributed by atoms with E-state index in [2.05, 4.69) is 10.2 Å². The minimum absolute atomic E-state index is 0.499. The van der Waals surface area contributed by atoms with Gasteiger partial charge in [-0.25, -0.2) is 0 Å². The van der Waals surface area contributed by atoms with Gasteiger partial charge in [0.15, 0.2) is 0 Å². The molecular formula is C10H7F3N2. The molecule has 0 aliphatic carbocycles. The van der Waals surface area contributed by atoms with E-state index in [1.807, 2.05) is 0 Å². The van der Waals surface area contributed by atoms with Gasteiger partial charge in [0.2, 0.25) is 0 Å². The van der Waals surface area contributed by atoms with Gasteiger partial charge in [-0.3, -0.25) is 5.10 Å². The highest BCUT2D eigenvalue weighted by Gasteiger charge is 2.30. The average molecular weight is 212 g/mol. The number of halogens is 3. The number of rotatable bonds is 1. The van der Waals surface area contributed by atoms with Gasteiger partial charge in [-0.1, -0.05) is 12.1 Å². The first-order valence-corrected chi connectivity index (χ1v) is 4.24. The summed E-state index contributed by atoms with van der Waals surface area (Å²) in [7, 11) is 0. The Morgan fingerprint density at radius 2 is 1.93 bits per heavy atom. The summed E-state index contributed by atoms with van der Waals surface area (Å²) in [6.45, 7) is 0. The number of aromatic amines is 1. The third-order valence-electron chi connectivity index (χ3n) is 2.02. The molecule has 2 rings (SSSR count). The minimum Gasteiger partial charge on any atom is -0.285 e. The summed E-state index contributed by atoms with van der Waals surface area (Å²) in [5.41, 5.74) is 0.487. The Hall–Kier alpha value is -1.78. The zero-order valence-electron chi connectivity index (χ0n) is 7.55. The lowest BCUT2D eigenvalue weighted by Gasteiger charge is -2.07. The molecule has 0 radical (unpaired) electrons. The van der Waals surface area contributed by atoms with Gasteiger partial charge in [-0.2, -0.15) is 18.3 Å². The summed E-state index contributed by atoms with van der Waals surface area (Å²) >= 11 is 0. The number of nitrogens with one attached hydrogen (secondary N) is 1. The predicted molar refractivity (Wildman–Crippen MR) is 49.0 cm³/mol. The topological polar surface area (TPSA) is 28.7 Å². The lowest BCUT2D eigenvalue weighted by atomic mass is 10.1. The Labute approximate surface area is 83.7 Å². The van der Waals surface area contributed by atoms with E-state index in [0.717, 1.165) is 12.1 Å². The molecule has 1 N–H and O–H groups in total. The van der Waals surface area contributed by atoms with Crippen molar-refractivity contribution in [2.24, 2.45) is 0 Å². The Balaban J connectivity index is 2.44. The Bertz CT molecular complexity index is 446. The van der Waals surface area contributed by atoms with Crippen LogP contribution >= 0.6 is 0 Å². The van der Waals surface area contributed by atoms with Crippen LogP contribution in [0.15, 0.2) is 36.7 Å².